The van der Waals surface area contributed by atoms with E-state index in [-0.39, 0.29) is 23.9 Å². The maximum Gasteiger partial charge on any atom is 0.273 e. The number of nitro groups is 1. The number of carbonyl (C=O) groups excluding carboxylic acids is 1. The van der Waals surface area contributed by atoms with E-state index in [9.17, 15) is 19.3 Å². The molecule has 1 amide bonds. The average molecular weight is 347 g/mol. The summed E-state index contributed by atoms with van der Waals surface area (Å²) in [7, 11) is 0. The molecule has 3 rings (SSSR count). The molecule has 0 bridgehead atoms. The van der Waals surface area contributed by atoms with Crippen molar-refractivity contribution in [1.82, 2.24) is 4.98 Å². The highest BCUT2D eigenvalue weighted by molar-refractivity contribution is 7.22. The van der Waals surface area contributed by atoms with Crippen LogP contribution < -0.4 is 10.1 Å². The van der Waals surface area contributed by atoms with Gasteiger partial charge in [-0.2, -0.15) is 0 Å². The molecular formula is C15H10FN3O4S. The molecule has 0 aliphatic heterocycles. The van der Waals surface area contributed by atoms with E-state index in [4.69, 9.17) is 4.74 Å². The van der Waals surface area contributed by atoms with Crippen LogP contribution >= 0.6 is 11.3 Å². The summed E-state index contributed by atoms with van der Waals surface area (Å²) in [6.07, 6.45) is 0. The minimum atomic E-state index is -0.548. The summed E-state index contributed by atoms with van der Waals surface area (Å²) in [5.41, 5.74) is 0.456. The van der Waals surface area contributed by atoms with Gasteiger partial charge in [0.15, 0.2) is 11.7 Å². The van der Waals surface area contributed by atoms with Crippen molar-refractivity contribution in [3.63, 3.8) is 0 Å². The molecule has 3 aromatic rings. The minimum absolute atomic E-state index is 0.124. The van der Waals surface area contributed by atoms with Crippen LogP contribution in [0.15, 0.2) is 42.5 Å². The van der Waals surface area contributed by atoms with E-state index in [0.717, 1.165) is 11.3 Å². The molecule has 0 unspecified atom stereocenters. The summed E-state index contributed by atoms with van der Waals surface area (Å²) >= 11 is 1.14. The summed E-state index contributed by atoms with van der Waals surface area (Å²) in [6, 6.07) is 9.69. The second-order valence-electron chi connectivity index (χ2n) is 4.72. The highest BCUT2D eigenvalue weighted by atomic mass is 32.1. The van der Waals surface area contributed by atoms with Crippen LogP contribution in [-0.4, -0.2) is 22.4 Å². The topological polar surface area (TPSA) is 94.4 Å². The Bertz CT molecular complexity index is 928. The lowest BCUT2D eigenvalue weighted by molar-refractivity contribution is -0.384. The van der Waals surface area contributed by atoms with Crippen molar-refractivity contribution in [2.24, 2.45) is 0 Å². The largest absolute Gasteiger partial charge is 0.484 e. The highest BCUT2D eigenvalue weighted by Crippen LogP contribution is 2.26. The Morgan fingerprint density at radius 2 is 2.17 bits per heavy atom. The number of nitrogens with zero attached hydrogens (tertiary/aromatic N) is 2. The molecule has 0 aliphatic rings. The molecule has 0 radical (unpaired) electrons. The van der Waals surface area contributed by atoms with Crippen LogP contribution in [0.25, 0.3) is 10.2 Å². The van der Waals surface area contributed by atoms with Crippen LogP contribution in [0.1, 0.15) is 0 Å². The normalized spacial score (nSPS) is 10.5. The van der Waals surface area contributed by atoms with Crippen molar-refractivity contribution in [1.29, 1.82) is 0 Å². The number of anilines is 1. The molecule has 9 heteroatoms. The van der Waals surface area contributed by atoms with Gasteiger partial charge in [0.1, 0.15) is 11.6 Å². The van der Waals surface area contributed by atoms with Gasteiger partial charge in [-0.1, -0.05) is 17.4 Å². The van der Waals surface area contributed by atoms with Crippen LogP contribution in [0.2, 0.25) is 0 Å². The highest BCUT2D eigenvalue weighted by Gasteiger charge is 2.11. The Morgan fingerprint density at radius 3 is 2.96 bits per heavy atom. The van der Waals surface area contributed by atoms with Gasteiger partial charge in [-0.25, -0.2) is 9.37 Å². The third-order valence-electron chi connectivity index (χ3n) is 3.00. The third-order valence-corrected chi connectivity index (χ3v) is 3.93. The van der Waals surface area contributed by atoms with Crippen molar-refractivity contribution in [2.45, 2.75) is 0 Å². The standard InChI is InChI=1S/C15H10FN3O4S/c16-9-4-5-12-13(6-9)24-15(17-12)18-14(20)8-23-11-3-1-2-10(7-11)19(21)22/h1-7H,8H2,(H,17,18,20). The number of halogens is 1. The minimum Gasteiger partial charge on any atom is -0.484 e. The fraction of sp³-hybridized carbons (Fsp3) is 0.0667. The number of benzene rings is 2. The fourth-order valence-electron chi connectivity index (χ4n) is 1.94. The molecule has 0 fully saturated rings. The predicted octanol–water partition coefficient (Wildman–Crippen LogP) is 3.36. The molecule has 0 saturated carbocycles. The van der Waals surface area contributed by atoms with Gasteiger partial charge in [0.05, 0.1) is 21.2 Å². The quantitative estimate of drug-likeness (QED) is 0.564. The molecule has 0 aliphatic carbocycles. The molecule has 1 N–H and O–H groups in total. The summed E-state index contributed by atoms with van der Waals surface area (Å²) in [4.78, 5) is 26.2. The molecule has 1 heterocycles. The Balaban J connectivity index is 1.62. The van der Waals surface area contributed by atoms with E-state index in [1.807, 2.05) is 0 Å². The van der Waals surface area contributed by atoms with Gasteiger partial charge in [-0.3, -0.25) is 20.2 Å². The van der Waals surface area contributed by atoms with Crippen LogP contribution in [0.3, 0.4) is 0 Å². The molecule has 0 saturated heterocycles. The molecule has 7 nitrogen and oxygen atoms in total. The zero-order valence-electron chi connectivity index (χ0n) is 12.1. The number of carbonyl (C=O) groups is 1. The Kier molecular flexibility index (Phi) is 4.34. The van der Waals surface area contributed by atoms with Crippen LogP contribution in [0, 0.1) is 15.9 Å². The average Bonchev–Trinajstić information content (AvgIpc) is 2.94. The smallest absolute Gasteiger partial charge is 0.273 e. The first-order valence-corrected chi connectivity index (χ1v) is 7.56. The number of amides is 1. The number of hydrogen-bond donors (Lipinski definition) is 1. The van der Waals surface area contributed by atoms with Crippen molar-refractivity contribution in [3.8, 4) is 5.75 Å². The maximum atomic E-state index is 13.1. The number of rotatable bonds is 5. The first kappa shape index (κ1) is 15.8. The second-order valence-corrected chi connectivity index (χ2v) is 5.75. The van der Waals surface area contributed by atoms with Crippen molar-refractivity contribution >= 4 is 38.3 Å². The van der Waals surface area contributed by atoms with Gasteiger partial charge in [-0.15, -0.1) is 0 Å². The van der Waals surface area contributed by atoms with Gasteiger partial charge in [0.25, 0.3) is 11.6 Å². The Labute approximate surface area is 138 Å². The first-order chi connectivity index (χ1) is 11.5. The predicted molar refractivity (Wildman–Crippen MR) is 86.8 cm³/mol. The van der Waals surface area contributed by atoms with E-state index in [1.165, 1.54) is 42.5 Å². The second kappa shape index (κ2) is 6.59. The van der Waals surface area contributed by atoms with E-state index in [1.54, 1.807) is 0 Å². The van der Waals surface area contributed by atoms with Crippen molar-refractivity contribution in [3.05, 3.63) is 58.4 Å². The summed E-state index contributed by atoms with van der Waals surface area (Å²) in [5, 5.41) is 13.5. The zero-order chi connectivity index (χ0) is 17.1. The Morgan fingerprint density at radius 1 is 1.33 bits per heavy atom. The SMILES string of the molecule is O=C(COc1cccc([N+](=O)[O-])c1)Nc1nc2ccc(F)cc2s1. The van der Waals surface area contributed by atoms with E-state index >= 15 is 0 Å². The summed E-state index contributed by atoms with van der Waals surface area (Å²) in [6.45, 7) is -0.328. The number of non-ortho nitro benzene ring substituents is 1. The van der Waals surface area contributed by atoms with E-state index in [0.29, 0.717) is 15.3 Å². The molecule has 0 spiro atoms. The molecule has 0 atom stereocenters. The van der Waals surface area contributed by atoms with Crippen LogP contribution in [0.5, 0.6) is 5.75 Å². The van der Waals surface area contributed by atoms with Gasteiger partial charge in [-0.05, 0) is 24.3 Å². The number of thiazole rings is 1. The number of aromatic nitrogens is 1. The monoisotopic (exact) mass is 347 g/mol. The summed E-state index contributed by atoms with van der Waals surface area (Å²) < 4.78 is 19.0. The van der Waals surface area contributed by atoms with Crippen LogP contribution in [-0.2, 0) is 4.79 Å². The molecular weight excluding hydrogens is 337 g/mol. The zero-order valence-corrected chi connectivity index (χ0v) is 12.9. The van der Waals surface area contributed by atoms with Gasteiger partial charge in [0, 0.05) is 6.07 Å². The van der Waals surface area contributed by atoms with Gasteiger partial charge >= 0.3 is 0 Å². The number of hydrogen-bond acceptors (Lipinski definition) is 6. The maximum absolute atomic E-state index is 13.1. The molecule has 24 heavy (non-hydrogen) atoms. The number of nitro benzene ring substituents is 1. The van der Waals surface area contributed by atoms with Crippen molar-refractivity contribution < 1.29 is 18.8 Å². The van der Waals surface area contributed by atoms with Gasteiger partial charge < -0.3 is 4.74 Å². The summed E-state index contributed by atoms with van der Waals surface area (Å²) in [5.74, 6) is -0.634. The van der Waals surface area contributed by atoms with E-state index < -0.39 is 10.8 Å². The molecule has 122 valence electrons. The number of ether oxygens (including phenoxy) is 1. The number of nitrogens with one attached hydrogen (secondary N) is 1. The first-order valence-electron chi connectivity index (χ1n) is 6.74. The third kappa shape index (κ3) is 3.63. The molecule has 1 aromatic heterocycles. The van der Waals surface area contributed by atoms with E-state index in [2.05, 4.69) is 10.3 Å². The fourth-order valence-corrected chi connectivity index (χ4v) is 2.85. The molecule has 2 aromatic carbocycles. The lowest BCUT2D eigenvalue weighted by Crippen LogP contribution is -2.20. The van der Waals surface area contributed by atoms with Gasteiger partial charge in [0.2, 0.25) is 0 Å². The van der Waals surface area contributed by atoms with Crippen LogP contribution in [0.4, 0.5) is 15.2 Å². The number of fused-ring (bicyclic) bond motifs is 1. The lowest BCUT2D eigenvalue weighted by Gasteiger charge is -2.05. The van der Waals surface area contributed by atoms with Crippen molar-refractivity contribution in [2.75, 3.05) is 11.9 Å². The Hall–Kier alpha value is -3.07. The lowest BCUT2D eigenvalue weighted by atomic mass is 10.3.